The lowest BCUT2D eigenvalue weighted by molar-refractivity contribution is 0.0316. The maximum absolute atomic E-state index is 12.0. The van der Waals surface area contributed by atoms with Gasteiger partial charge in [0.05, 0.1) is 6.54 Å². The first kappa shape index (κ1) is 12.5. The fourth-order valence-corrected chi connectivity index (χ4v) is 2.99. The molecular formula is C15H20N2O2. The number of nitrogens with zero attached hydrogens (tertiary/aromatic N) is 1. The number of amides is 1. The highest BCUT2D eigenvalue weighted by Crippen LogP contribution is 2.31. The van der Waals surface area contributed by atoms with Crippen LogP contribution >= 0.6 is 0 Å². The van der Waals surface area contributed by atoms with E-state index in [9.17, 15) is 4.79 Å². The lowest BCUT2D eigenvalue weighted by Crippen LogP contribution is -2.44. The van der Waals surface area contributed by atoms with Gasteiger partial charge in [-0.15, -0.1) is 0 Å². The highest BCUT2D eigenvalue weighted by Gasteiger charge is 2.45. The van der Waals surface area contributed by atoms with Crippen LogP contribution in [0.1, 0.15) is 24.0 Å². The van der Waals surface area contributed by atoms with Gasteiger partial charge < -0.3 is 10.1 Å². The topological polar surface area (TPSA) is 41.6 Å². The molecule has 102 valence electrons. The molecule has 0 radical (unpaired) electrons. The molecule has 1 amide bonds. The molecule has 19 heavy (non-hydrogen) atoms. The molecule has 0 unspecified atom stereocenters. The van der Waals surface area contributed by atoms with Gasteiger partial charge in [-0.05, 0) is 25.6 Å². The molecule has 4 nitrogen and oxygen atoms in total. The Balaban J connectivity index is 1.70. The molecule has 1 aromatic rings. The maximum Gasteiger partial charge on any atom is 0.410 e. The quantitative estimate of drug-likeness (QED) is 0.885. The number of nitrogens with one attached hydrogen (secondary N) is 1. The number of piperidine rings is 1. The summed E-state index contributed by atoms with van der Waals surface area (Å²) < 4.78 is 5.65. The predicted octanol–water partition coefficient (Wildman–Crippen LogP) is 2.07. The molecule has 2 fully saturated rings. The SMILES string of the molecule is Cc1cccc(CN2CC3(CCNCC3)OC2=O)c1. The summed E-state index contributed by atoms with van der Waals surface area (Å²) in [4.78, 5) is 13.9. The number of rotatable bonds is 2. The fourth-order valence-electron chi connectivity index (χ4n) is 2.99. The molecular weight excluding hydrogens is 240 g/mol. The number of hydrogen-bond acceptors (Lipinski definition) is 3. The predicted molar refractivity (Wildman–Crippen MR) is 72.9 cm³/mol. The highest BCUT2D eigenvalue weighted by molar-refractivity contribution is 5.70. The van der Waals surface area contributed by atoms with Gasteiger partial charge in [0.25, 0.3) is 0 Å². The number of carbonyl (C=O) groups is 1. The van der Waals surface area contributed by atoms with E-state index in [0.717, 1.165) is 32.5 Å². The minimum atomic E-state index is -0.244. The Morgan fingerprint density at radius 1 is 1.37 bits per heavy atom. The summed E-state index contributed by atoms with van der Waals surface area (Å²) in [7, 11) is 0. The number of aryl methyl sites for hydroxylation is 1. The van der Waals surface area contributed by atoms with E-state index in [4.69, 9.17) is 4.74 Å². The number of carbonyl (C=O) groups excluding carboxylic acids is 1. The van der Waals surface area contributed by atoms with Gasteiger partial charge in [0.2, 0.25) is 0 Å². The monoisotopic (exact) mass is 260 g/mol. The molecule has 1 N–H and O–H groups in total. The van der Waals surface area contributed by atoms with Crippen molar-refractivity contribution in [3.8, 4) is 0 Å². The number of hydrogen-bond donors (Lipinski definition) is 1. The van der Waals surface area contributed by atoms with Crippen LogP contribution in [0.25, 0.3) is 0 Å². The third-order valence-corrected chi connectivity index (χ3v) is 4.01. The Bertz CT molecular complexity index is 481. The molecule has 0 atom stereocenters. The van der Waals surface area contributed by atoms with Crippen LogP contribution < -0.4 is 5.32 Å². The van der Waals surface area contributed by atoms with Crippen molar-refractivity contribution in [1.29, 1.82) is 0 Å². The molecule has 1 aromatic carbocycles. The van der Waals surface area contributed by atoms with Crippen LogP contribution in [0.3, 0.4) is 0 Å². The first-order valence-corrected chi connectivity index (χ1v) is 6.91. The van der Waals surface area contributed by atoms with E-state index < -0.39 is 0 Å². The Kier molecular flexibility index (Phi) is 3.19. The third-order valence-electron chi connectivity index (χ3n) is 4.01. The standard InChI is InChI=1S/C15H20N2O2/c1-12-3-2-4-13(9-12)10-17-11-15(19-14(17)18)5-7-16-8-6-15/h2-4,9,16H,5-8,10-11H2,1H3. The van der Waals surface area contributed by atoms with Gasteiger partial charge in [-0.3, -0.25) is 4.90 Å². The lowest BCUT2D eigenvalue weighted by Gasteiger charge is -2.31. The van der Waals surface area contributed by atoms with Gasteiger partial charge in [-0.1, -0.05) is 29.8 Å². The lowest BCUT2D eigenvalue weighted by atomic mass is 9.92. The van der Waals surface area contributed by atoms with Crippen molar-refractivity contribution in [1.82, 2.24) is 10.2 Å². The molecule has 0 saturated carbocycles. The van der Waals surface area contributed by atoms with Crippen molar-refractivity contribution < 1.29 is 9.53 Å². The summed E-state index contributed by atoms with van der Waals surface area (Å²) in [6.07, 6.45) is 1.68. The summed E-state index contributed by atoms with van der Waals surface area (Å²) in [5.41, 5.74) is 2.15. The second kappa shape index (κ2) is 4.85. The van der Waals surface area contributed by atoms with E-state index in [0.29, 0.717) is 6.54 Å². The Morgan fingerprint density at radius 2 is 2.16 bits per heavy atom. The van der Waals surface area contributed by atoms with Crippen LogP contribution in [0, 0.1) is 6.92 Å². The summed E-state index contributed by atoms with van der Waals surface area (Å²) in [6.45, 7) is 5.31. The van der Waals surface area contributed by atoms with Crippen LogP contribution in [-0.4, -0.2) is 36.2 Å². The van der Waals surface area contributed by atoms with E-state index >= 15 is 0 Å². The minimum absolute atomic E-state index is 0.164. The van der Waals surface area contributed by atoms with E-state index in [2.05, 4.69) is 30.4 Å². The van der Waals surface area contributed by atoms with Gasteiger partial charge in [0, 0.05) is 19.4 Å². The van der Waals surface area contributed by atoms with Crippen LogP contribution in [0.15, 0.2) is 24.3 Å². The molecule has 4 heteroatoms. The Labute approximate surface area is 113 Å². The largest absolute Gasteiger partial charge is 0.441 e. The van der Waals surface area contributed by atoms with Crippen LogP contribution in [0.5, 0.6) is 0 Å². The number of ether oxygens (including phenoxy) is 1. The zero-order valence-electron chi connectivity index (χ0n) is 11.3. The molecule has 2 aliphatic rings. The molecule has 0 aliphatic carbocycles. The average molecular weight is 260 g/mol. The molecule has 2 aliphatic heterocycles. The molecule has 2 saturated heterocycles. The Hall–Kier alpha value is -1.55. The van der Waals surface area contributed by atoms with Gasteiger partial charge in [-0.2, -0.15) is 0 Å². The van der Waals surface area contributed by atoms with Crippen LogP contribution in [0.2, 0.25) is 0 Å². The average Bonchev–Trinajstić information content (AvgIpc) is 2.66. The first-order valence-electron chi connectivity index (χ1n) is 6.91. The molecule has 3 rings (SSSR count). The molecule has 0 bridgehead atoms. The third kappa shape index (κ3) is 2.59. The van der Waals surface area contributed by atoms with Crippen molar-refractivity contribution in [3.05, 3.63) is 35.4 Å². The van der Waals surface area contributed by atoms with Gasteiger partial charge in [0.1, 0.15) is 5.60 Å². The summed E-state index contributed by atoms with van der Waals surface area (Å²) in [5, 5.41) is 3.31. The zero-order valence-corrected chi connectivity index (χ0v) is 11.3. The zero-order chi connectivity index (χ0) is 13.3. The van der Waals surface area contributed by atoms with E-state index in [-0.39, 0.29) is 11.7 Å². The van der Waals surface area contributed by atoms with Crippen LogP contribution in [-0.2, 0) is 11.3 Å². The van der Waals surface area contributed by atoms with E-state index in [1.54, 1.807) is 0 Å². The van der Waals surface area contributed by atoms with Gasteiger partial charge in [0.15, 0.2) is 0 Å². The minimum Gasteiger partial charge on any atom is -0.441 e. The smallest absolute Gasteiger partial charge is 0.410 e. The second-order valence-electron chi connectivity index (χ2n) is 5.65. The van der Waals surface area contributed by atoms with Crippen LogP contribution in [0.4, 0.5) is 4.79 Å². The normalized spacial score (nSPS) is 21.7. The van der Waals surface area contributed by atoms with Crippen molar-refractivity contribution >= 4 is 6.09 Å². The molecule has 2 heterocycles. The first-order chi connectivity index (χ1) is 9.17. The van der Waals surface area contributed by atoms with Gasteiger partial charge >= 0.3 is 6.09 Å². The molecule has 1 spiro atoms. The number of benzene rings is 1. The maximum atomic E-state index is 12.0. The van der Waals surface area contributed by atoms with Crippen molar-refractivity contribution in [2.24, 2.45) is 0 Å². The Morgan fingerprint density at radius 3 is 2.89 bits per heavy atom. The summed E-state index contributed by atoms with van der Waals surface area (Å²) in [6, 6.07) is 8.29. The summed E-state index contributed by atoms with van der Waals surface area (Å²) >= 11 is 0. The second-order valence-corrected chi connectivity index (χ2v) is 5.65. The van der Waals surface area contributed by atoms with Crippen molar-refractivity contribution in [3.63, 3.8) is 0 Å². The van der Waals surface area contributed by atoms with E-state index in [1.165, 1.54) is 11.1 Å². The highest BCUT2D eigenvalue weighted by atomic mass is 16.6. The summed E-state index contributed by atoms with van der Waals surface area (Å²) in [5.74, 6) is 0. The van der Waals surface area contributed by atoms with E-state index in [1.807, 2.05) is 11.0 Å². The molecule has 0 aromatic heterocycles. The van der Waals surface area contributed by atoms with Crippen molar-refractivity contribution in [2.45, 2.75) is 31.9 Å². The van der Waals surface area contributed by atoms with Crippen molar-refractivity contribution in [2.75, 3.05) is 19.6 Å². The fraction of sp³-hybridized carbons (Fsp3) is 0.533. The van der Waals surface area contributed by atoms with Gasteiger partial charge in [-0.25, -0.2) is 4.79 Å².